The summed E-state index contributed by atoms with van der Waals surface area (Å²) in [7, 11) is 0. The van der Waals surface area contributed by atoms with Gasteiger partial charge in [-0.2, -0.15) is 5.10 Å². The standard InChI is InChI=1S/C18H22FN3O2/c1-12-9-13(2)22(21-12)16-6-5-14(10-15(16)19)17(23)20-11-18(24)7-3-4-8-18/h5-6,9-10,24H,3-4,7-8,11H2,1-2H3,(H,20,23). The van der Waals surface area contributed by atoms with Crippen LogP contribution in [0, 0.1) is 19.7 Å². The Hall–Kier alpha value is -2.21. The van der Waals surface area contributed by atoms with Gasteiger partial charge in [0.15, 0.2) is 0 Å². The first-order chi connectivity index (χ1) is 11.4. The Bertz CT molecular complexity index is 764. The number of carbonyl (C=O) groups is 1. The van der Waals surface area contributed by atoms with Gasteiger partial charge in [-0.25, -0.2) is 9.07 Å². The molecular weight excluding hydrogens is 309 g/mol. The highest BCUT2D eigenvalue weighted by atomic mass is 19.1. The molecule has 1 saturated carbocycles. The molecule has 1 heterocycles. The second kappa shape index (κ2) is 6.36. The molecule has 128 valence electrons. The minimum absolute atomic E-state index is 0.201. The third-order valence-electron chi connectivity index (χ3n) is 4.56. The Labute approximate surface area is 140 Å². The molecule has 2 aromatic rings. The molecule has 1 amide bonds. The molecule has 1 aliphatic rings. The summed E-state index contributed by atoms with van der Waals surface area (Å²) in [6.07, 6.45) is 3.33. The Kier molecular flexibility index (Phi) is 4.41. The van der Waals surface area contributed by atoms with Crippen molar-refractivity contribution in [3.05, 3.63) is 47.0 Å². The Morgan fingerprint density at radius 2 is 2.04 bits per heavy atom. The highest BCUT2D eigenvalue weighted by Crippen LogP contribution is 2.28. The lowest BCUT2D eigenvalue weighted by molar-refractivity contribution is 0.0449. The van der Waals surface area contributed by atoms with Gasteiger partial charge in [-0.05, 0) is 51.0 Å². The lowest BCUT2D eigenvalue weighted by atomic mass is 10.0. The van der Waals surface area contributed by atoms with Gasteiger partial charge in [0.2, 0.25) is 0 Å². The topological polar surface area (TPSA) is 67.2 Å². The van der Waals surface area contributed by atoms with E-state index in [0.717, 1.165) is 24.2 Å². The Balaban J connectivity index is 1.74. The first kappa shape index (κ1) is 16.6. The van der Waals surface area contributed by atoms with E-state index in [9.17, 15) is 14.3 Å². The van der Waals surface area contributed by atoms with Crippen LogP contribution in [0.15, 0.2) is 24.3 Å². The van der Waals surface area contributed by atoms with E-state index < -0.39 is 11.4 Å². The molecule has 0 spiro atoms. The maximum absolute atomic E-state index is 14.4. The number of aryl methyl sites for hydroxylation is 2. The van der Waals surface area contributed by atoms with Gasteiger partial charge in [0.05, 0.1) is 11.3 Å². The van der Waals surface area contributed by atoms with E-state index in [-0.39, 0.29) is 18.0 Å². The summed E-state index contributed by atoms with van der Waals surface area (Å²) in [6, 6.07) is 6.19. The SMILES string of the molecule is Cc1cc(C)n(-c2ccc(C(=O)NCC3(O)CCCC3)cc2F)n1. The summed E-state index contributed by atoms with van der Waals surface area (Å²) >= 11 is 0. The maximum atomic E-state index is 14.4. The first-order valence-electron chi connectivity index (χ1n) is 8.22. The van der Waals surface area contributed by atoms with Crippen molar-refractivity contribution in [1.82, 2.24) is 15.1 Å². The number of amides is 1. The molecule has 5 nitrogen and oxygen atoms in total. The predicted octanol–water partition coefficient (Wildman–Crippen LogP) is 2.66. The molecule has 0 unspecified atom stereocenters. The summed E-state index contributed by atoms with van der Waals surface area (Å²) in [6.45, 7) is 3.89. The van der Waals surface area contributed by atoms with Crippen molar-refractivity contribution >= 4 is 5.91 Å². The number of halogens is 1. The van der Waals surface area contributed by atoms with E-state index >= 15 is 0 Å². The monoisotopic (exact) mass is 331 g/mol. The molecular formula is C18H22FN3O2. The number of carbonyl (C=O) groups excluding carboxylic acids is 1. The third-order valence-corrected chi connectivity index (χ3v) is 4.56. The van der Waals surface area contributed by atoms with Crippen LogP contribution in [0.5, 0.6) is 0 Å². The van der Waals surface area contributed by atoms with Crippen molar-refractivity contribution in [3.63, 3.8) is 0 Å². The predicted molar refractivity (Wildman–Crippen MR) is 88.7 cm³/mol. The van der Waals surface area contributed by atoms with E-state index in [4.69, 9.17) is 0 Å². The largest absolute Gasteiger partial charge is 0.388 e. The number of hydrogen-bond acceptors (Lipinski definition) is 3. The van der Waals surface area contributed by atoms with Crippen LogP contribution in [0.2, 0.25) is 0 Å². The van der Waals surface area contributed by atoms with Crippen molar-refractivity contribution in [2.24, 2.45) is 0 Å². The van der Waals surface area contributed by atoms with Crippen LogP contribution >= 0.6 is 0 Å². The number of nitrogens with zero attached hydrogens (tertiary/aromatic N) is 2. The van der Waals surface area contributed by atoms with Crippen molar-refractivity contribution in [1.29, 1.82) is 0 Å². The Morgan fingerprint density at radius 1 is 1.33 bits per heavy atom. The van der Waals surface area contributed by atoms with E-state index in [1.807, 2.05) is 19.9 Å². The zero-order chi connectivity index (χ0) is 17.3. The van der Waals surface area contributed by atoms with Crippen LogP contribution in [0.3, 0.4) is 0 Å². The molecule has 1 fully saturated rings. The summed E-state index contributed by atoms with van der Waals surface area (Å²) < 4.78 is 15.9. The number of hydrogen-bond donors (Lipinski definition) is 2. The zero-order valence-electron chi connectivity index (χ0n) is 14.0. The summed E-state index contributed by atoms with van der Waals surface area (Å²) in [5.74, 6) is -0.887. The summed E-state index contributed by atoms with van der Waals surface area (Å²) in [4.78, 5) is 12.2. The van der Waals surface area contributed by atoms with Crippen molar-refractivity contribution in [3.8, 4) is 5.69 Å². The number of rotatable bonds is 4. The summed E-state index contributed by atoms with van der Waals surface area (Å²) in [5.41, 5.74) is 1.36. The highest BCUT2D eigenvalue weighted by Gasteiger charge is 2.31. The molecule has 3 rings (SSSR count). The number of aromatic nitrogens is 2. The van der Waals surface area contributed by atoms with E-state index in [2.05, 4.69) is 10.4 Å². The fraction of sp³-hybridized carbons (Fsp3) is 0.444. The minimum atomic E-state index is -0.822. The van der Waals surface area contributed by atoms with Crippen LogP contribution in [-0.4, -0.2) is 32.9 Å². The maximum Gasteiger partial charge on any atom is 0.251 e. The van der Waals surface area contributed by atoms with E-state index in [1.165, 1.54) is 10.7 Å². The third kappa shape index (κ3) is 3.33. The van der Waals surface area contributed by atoms with Crippen molar-refractivity contribution < 1.29 is 14.3 Å². The summed E-state index contributed by atoms with van der Waals surface area (Å²) in [5, 5.41) is 17.2. The first-order valence-corrected chi connectivity index (χ1v) is 8.22. The van der Waals surface area contributed by atoms with Gasteiger partial charge >= 0.3 is 0 Å². The second-order valence-corrected chi connectivity index (χ2v) is 6.62. The fourth-order valence-corrected chi connectivity index (χ4v) is 3.25. The number of aliphatic hydroxyl groups is 1. The average molecular weight is 331 g/mol. The number of nitrogens with one attached hydrogen (secondary N) is 1. The zero-order valence-corrected chi connectivity index (χ0v) is 14.0. The van der Waals surface area contributed by atoms with Gasteiger partial charge < -0.3 is 10.4 Å². The normalized spacial score (nSPS) is 16.3. The lowest BCUT2D eigenvalue weighted by Crippen LogP contribution is -2.40. The smallest absolute Gasteiger partial charge is 0.251 e. The quantitative estimate of drug-likeness (QED) is 0.905. The molecule has 1 aromatic carbocycles. The lowest BCUT2D eigenvalue weighted by Gasteiger charge is -2.22. The van der Waals surface area contributed by atoms with Gasteiger partial charge in [0.25, 0.3) is 5.91 Å². The van der Waals surface area contributed by atoms with E-state index in [1.54, 1.807) is 12.1 Å². The average Bonchev–Trinajstić information content (AvgIpc) is 3.11. The molecule has 0 aliphatic heterocycles. The van der Waals surface area contributed by atoms with Gasteiger partial charge in [0.1, 0.15) is 11.5 Å². The molecule has 0 radical (unpaired) electrons. The molecule has 1 aliphatic carbocycles. The minimum Gasteiger partial charge on any atom is -0.388 e. The molecule has 0 saturated heterocycles. The fourth-order valence-electron chi connectivity index (χ4n) is 3.25. The van der Waals surface area contributed by atoms with Crippen LogP contribution in [0.4, 0.5) is 4.39 Å². The molecule has 1 aromatic heterocycles. The van der Waals surface area contributed by atoms with Crippen molar-refractivity contribution in [2.45, 2.75) is 45.1 Å². The van der Waals surface area contributed by atoms with Crippen molar-refractivity contribution in [2.75, 3.05) is 6.54 Å². The van der Waals surface area contributed by atoms with Gasteiger partial charge in [-0.1, -0.05) is 12.8 Å². The molecule has 0 atom stereocenters. The highest BCUT2D eigenvalue weighted by molar-refractivity contribution is 5.94. The van der Waals surface area contributed by atoms with Crippen LogP contribution < -0.4 is 5.32 Å². The molecule has 0 bridgehead atoms. The van der Waals surface area contributed by atoms with Crippen LogP contribution in [0.25, 0.3) is 5.69 Å². The van der Waals surface area contributed by atoms with Gasteiger partial charge in [-0.15, -0.1) is 0 Å². The van der Waals surface area contributed by atoms with Crippen LogP contribution in [-0.2, 0) is 0 Å². The molecule has 24 heavy (non-hydrogen) atoms. The second-order valence-electron chi connectivity index (χ2n) is 6.62. The van der Waals surface area contributed by atoms with Gasteiger partial charge in [0, 0.05) is 17.8 Å². The molecule has 2 N–H and O–H groups in total. The Morgan fingerprint density at radius 3 is 2.62 bits per heavy atom. The van der Waals surface area contributed by atoms with Gasteiger partial charge in [-0.3, -0.25) is 4.79 Å². The number of benzene rings is 1. The molecule has 6 heteroatoms. The van der Waals surface area contributed by atoms with Crippen LogP contribution in [0.1, 0.15) is 47.4 Å². The van der Waals surface area contributed by atoms with E-state index in [0.29, 0.717) is 18.5 Å².